The highest BCUT2D eigenvalue weighted by atomic mass is 19.1. The Morgan fingerprint density at radius 3 is 2.36 bits per heavy atom. The van der Waals surface area contributed by atoms with Gasteiger partial charge in [0.15, 0.2) is 11.5 Å². The molecule has 5 nitrogen and oxygen atoms in total. The number of halogens is 1. The van der Waals surface area contributed by atoms with Gasteiger partial charge in [-0.05, 0) is 61.3 Å². The van der Waals surface area contributed by atoms with Gasteiger partial charge in [0.05, 0.1) is 20.8 Å². The predicted molar refractivity (Wildman–Crippen MR) is 106 cm³/mol. The quantitative estimate of drug-likeness (QED) is 0.763. The minimum absolute atomic E-state index is 0.0194. The molecule has 6 heteroatoms. The second kappa shape index (κ2) is 8.61. The third kappa shape index (κ3) is 4.28. The number of nitrogens with zero attached hydrogens (tertiary/aromatic N) is 2. The first-order chi connectivity index (χ1) is 13.4. The maximum absolute atomic E-state index is 13.1. The van der Waals surface area contributed by atoms with Crippen molar-refractivity contribution < 1.29 is 18.7 Å². The van der Waals surface area contributed by atoms with Crippen LogP contribution in [0.4, 0.5) is 4.39 Å². The molecule has 0 saturated carbocycles. The zero-order valence-electron chi connectivity index (χ0n) is 16.9. The van der Waals surface area contributed by atoms with E-state index in [4.69, 9.17) is 9.47 Å². The first-order valence-corrected chi connectivity index (χ1v) is 9.40. The standard InChI is InChI=1S/C22H27FN2O3/c1-15(16-5-7-19(23)8-6-16)24(2)14-22(26)25-10-9-17-11-20(27-3)21(28-4)12-18(17)13-25/h5-8,11-12,15H,9-10,13-14H2,1-4H3/t15-/m0/s1. The molecule has 150 valence electrons. The van der Waals surface area contributed by atoms with Crippen LogP contribution in [0, 0.1) is 5.82 Å². The van der Waals surface area contributed by atoms with Gasteiger partial charge in [-0.1, -0.05) is 12.1 Å². The van der Waals surface area contributed by atoms with Crippen molar-refractivity contribution in [3.8, 4) is 11.5 Å². The molecule has 0 fully saturated rings. The zero-order valence-corrected chi connectivity index (χ0v) is 16.9. The van der Waals surface area contributed by atoms with Crippen LogP contribution in [0.1, 0.15) is 29.7 Å². The number of amides is 1. The zero-order chi connectivity index (χ0) is 20.3. The molecule has 0 bridgehead atoms. The van der Waals surface area contributed by atoms with E-state index < -0.39 is 0 Å². The molecule has 1 aliphatic heterocycles. The summed E-state index contributed by atoms with van der Waals surface area (Å²) in [4.78, 5) is 16.7. The van der Waals surface area contributed by atoms with E-state index in [2.05, 4.69) is 0 Å². The van der Waals surface area contributed by atoms with Crippen molar-refractivity contribution in [1.29, 1.82) is 0 Å². The average Bonchev–Trinajstić information content (AvgIpc) is 2.72. The largest absolute Gasteiger partial charge is 0.493 e. The summed E-state index contributed by atoms with van der Waals surface area (Å²) in [6.07, 6.45) is 0.790. The molecule has 1 aliphatic rings. The summed E-state index contributed by atoms with van der Waals surface area (Å²) >= 11 is 0. The molecular weight excluding hydrogens is 359 g/mol. The normalized spacial score (nSPS) is 14.6. The SMILES string of the molecule is COc1cc2c(cc1OC)CN(C(=O)CN(C)[C@@H](C)c1ccc(F)cc1)CC2. The second-order valence-electron chi connectivity index (χ2n) is 7.18. The van der Waals surface area contributed by atoms with Crippen LogP contribution in [0.15, 0.2) is 36.4 Å². The third-order valence-corrected chi connectivity index (χ3v) is 5.47. The van der Waals surface area contributed by atoms with Crippen LogP contribution in [0.25, 0.3) is 0 Å². The van der Waals surface area contributed by atoms with Crippen molar-refractivity contribution in [2.75, 3.05) is 34.4 Å². The van der Waals surface area contributed by atoms with Gasteiger partial charge < -0.3 is 14.4 Å². The third-order valence-electron chi connectivity index (χ3n) is 5.47. The van der Waals surface area contributed by atoms with Crippen molar-refractivity contribution in [3.05, 3.63) is 58.9 Å². The number of rotatable bonds is 6. The van der Waals surface area contributed by atoms with Crippen LogP contribution in [0.3, 0.4) is 0 Å². The lowest BCUT2D eigenvalue weighted by Crippen LogP contribution is -2.42. The van der Waals surface area contributed by atoms with E-state index in [1.165, 1.54) is 17.7 Å². The number of fused-ring (bicyclic) bond motifs is 1. The minimum Gasteiger partial charge on any atom is -0.493 e. The molecular formula is C22H27FN2O3. The molecule has 28 heavy (non-hydrogen) atoms. The molecule has 0 aliphatic carbocycles. The number of ether oxygens (including phenoxy) is 2. The molecule has 1 atom stereocenters. The molecule has 2 aromatic rings. The van der Waals surface area contributed by atoms with Gasteiger partial charge in [-0.25, -0.2) is 4.39 Å². The van der Waals surface area contributed by atoms with E-state index in [9.17, 15) is 9.18 Å². The predicted octanol–water partition coefficient (Wildman–Crippen LogP) is 3.42. The molecule has 0 spiro atoms. The molecule has 3 rings (SSSR count). The fourth-order valence-electron chi connectivity index (χ4n) is 3.54. The van der Waals surface area contributed by atoms with Crippen molar-refractivity contribution in [1.82, 2.24) is 9.80 Å². The number of carbonyl (C=O) groups excluding carboxylic acids is 1. The van der Waals surface area contributed by atoms with Gasteiger partial charge in [0.25, 0.3) is 0 Å². The summed E-state index contributed by atoms with van der Waals surface area (Å²) in [6.45, 7) is 3.57. The van der Waals surface area contributed by atoms with Gasteiger partial charge in [-0.2, -0.15) is 0 Å². The summed E-state index contributed by atoms with van der Waals surface area (Å²) in [5, 5.41) is 0. The molecule has 0 radical (unpaired) electrons. The van der Waals surface area contributed by atoms with E-state index in [1.54, 1.807) is 26.4 Å². The maximum atomic E-state index is 13.1. The van der Waals surface area contributed by atoms with Crippen LogP contribution >= 0.6 is 0 Å². The highest BCUT2D eigenvalue weighted by Gasteiger charge is 2.24. The first kappa shape index (κ1) is 20.1. The second-order valence-corrected chi connectivity index (χ2v) is 7.18. The highest BCUT2D eigenvalue weighted by molar-refractivity contribution is 5.78. The van der Waals surface area contributed by atoms with Crippen molar-refractivity contribution in [2.24, 2.45) is 0 Å². The van der Waals surface area contributed by atoms with E-state index in [1.807, 2.05) is 35.9 Å². The van der Waals surface area contributed by atoms with Crippen LogP contribution in [-0.2, 0) is 17.8 Å². The Balaban J connectivity index is 1.66. The van der Waals surface area contributed by atoms with Crippen LogP contribution in [-0.4, -0.2) is 50.1 Å². The van der Waals surface area contributed by atoms with E-state index in [0.29, 0.717) is 31.1 Å². The molecule has 0 saturated heterocycles. The number of benzene rings is 2. The minimum atomic E-state index is -0.256. The van der Waals surface area contributed by atoms with E-state index >= 15 is 0 Å². The van der Waals surface area contributed by atoms with Gasteiger partial charge >= 0.3 is 0 Å². The monoisotopic (exact) mass is 386 g/mol. The first-order valence-electron chi connectivity index (χ1n) is 9.40. The highest BCUT2D eigenvalue weighted by Crippen LogP contribution is 2.33. The Hall–Kier alpha value is -2.60. The molecule has 2 aromatic carbocycles. The fraction of sp³-hybridized carbons (Fsp3) is 0.409. The molecule has 0 N–H and O–H groups in total. The Morgan fingerprint density at radius 1 is 1.14 bits per heavy atom. The van der Waals surface area contributed by atoms with E-state index in [-0.39, 0.29) is 17.8 Å². The van der Waals surface area contributed by atoms with Gasteiger partial charge in [0.2, 0.25) is 5.91 Å². The van der Waals surface area contributed by atoms with Crippen molar-refractivity contribution >= 4 is 5.91 Å². The molecule has 0 unspecified atom stereocenters. The summed E-state index contributed by atoms with van der Waals surface area (Å²) in [5.74, 6) is 1.22. The number of hydrogen-bond acceptors (Lipinski definition) is 4. The Labute approximate surface area is 165 Å². The number of hydrogen-bond donors (Lipinski definition) is 0. The lowest BCUT2D eigenvalue weighted by molar-refractivity contribution is -0.133. The molecule has 1 heterocycles. The van der Waals surface area contributed by atoms with Crippen molar-refractivity contribution in [3.63, 3.8) is 0 Å². The maximum Gasteiger partial charge on any atom is 0.237 e. The number of methoxy groups -OCH3 is 2. The topological polar surface area (TPSA) is 42.0 Å². The van der Waals surface area contributed by atoms with Crippen molar-refractivity contribution in [2.45, 2.75) is 25.9 Å². The van der Waals surface area contributed by atoms with Crippen LogP contribution in [0.2, 0.25) is 0 Å². The van der Waals surface area contributed by atoms with Gasteiger partial charge in [0, 0.05) is 19.1 Å². The summed E-state index contributed by atoms with van der Waals surface area (Å²) in [6, 6.07) is 10.4. The number of likely N-dealkylation sites (N-methyl/N-ethyl adjacent to an activating group) is 1. The van der Waals surface area contributed by atoms with E-state index in [0.717, 1.165) is 17.5 Å². The summed E-state index contributed by atoms with van der Waals surface area (Å²) in [5.41, 5.74) is 3.26. The molecule has 1 amide bonds. The Bertz CT molecular complexity index is 838. The van der Waals surface area contributed by atoms with Gasteiger partial charge in [-0.3, -0.25) is 9.69 Å². The average molecular weight is 386 g/mol. The fourth-order valence-corrected chi connectivity index (χ4v) is 3.54. The lowest BCUT2D eigenvalue weighted by Gasteiger charge is -2.32. The molecule has 0 aromatic heterocycles. The Morgan fingerprint density at radius 2 is 1.75 bits per heavy atom. The van der Waals surface area contributed by atoms with Gasteiger partial charge in [0.1, 0.15) is 5.82 Å². The Kier molecular flexibility index (Phi) is 6.19. The van der Waals surface area contributed by atoms with Crippen LogP contribution in [0.5, 0.6) is 11.5 Å². The lowest BCUT2D eigenvalue weighted by atomic mass is 9.98. The smallest absolute Gasteiger partial charge is 0.237 e. The number of carbonyl (C=O) groups is 1. The summed E-state index contributed by atoms with van der Waals surface area (Å²) in [7, 11) is 5.15. The summed E-state index contributed by atoms with van der Waals surface area (Å²) < 4.78 is 23.9. The van der Waals surface area contributed by atoms with Gasteiger partial charge in [-0.15, -0.1) is 0 Å². The van der Waals surface area contributed by atoms with Crippen LogP contribution < -0.4 is 9.47 Å².